The van der Waals surface area contributed by atoms with E-state index in [0.29, 0.717) is 29.6 Å². The maximum atomic E-state index is 5.95. The van der Waals surface area contributed by atoms with Crippen molar-refractivity contribution in [1.82, 2.24) is 9.97 Å². The fourth-order valence-electron chi connectivity index (χ4n) is 3.02. The van der Waals surface area contributed by atoms with Crippen LogP contribution >= 0.6 is 0 Å². The van der Waals surface area contributed by atoms with E-state index in [-0.39, 0.29) is 5.95 Å². The lowest BCUT2D eigenvalue weighted by molar-refractivity contribution is 0.323. The molecular weight excluding hydrogens is 310 g/mol. The third kappa shape index (κ3) is 2.60. The Morgan fingerprint density at radius 2 is 1.88 bits per heavy atom. The van der Waals surface area contributed by atoms with E-state index in [2.05, 4.69) is 14.9 Å². The molecule has 0 saturated carbocycles. The van der Waals surface area contributed by atoms with E-state index in [1.165, 1.54) is 0 Å². The van der Waals surface area contributed by atoms with Crippen molar-refractivity contribution in [3.8, 4) is 17.2 Å². The van der Waals surface area contributed by atoms with E-state index in [4.69, 9.17) is 25.7 Å². The number of rotatable bonds is 5. The lowest BCUT2D eigenvalue weighted by Gasteiger charge is -2.22. The molecule has 128 valence electrons. The Hall–Kier alpha value is -2.90. The van der Waals surface area contributed by atoms with Gasteiger partial charge in [0, 0.05) is 42.2 Å². The number of aromatic nitrogens is 2. The van der Waals surface area contributed by atoms with Gasteiger partial charge < -0.3 is 30.6 Å². The van der Waals surface area contributed by atoms with Gasteiger partial charge in [0.2, 0.25) is 11.7 Å². The second-order valence-corrected chi connectivity index (χ2v) is 5.45. The molecular formula is C16H21N5O3. The first-order chi connectivity index (χ1) is 11.6. The molecule has 3 rings (SSSR count). The summed E-state index contributed by atoms with van der Waals surface area (Å²) in [6, 6.07) is 1.96. The van der Waals surface area contributed by atoms with Gasteiger partial charge in [-0.3, -0.25) is 0 Å². The topological polar surface area (TPSA) is 109 Å². The van der Waals surface area contributed by atoms with Gasteiger partial charge in [-0.05, 0) is 6.42 Å². The minimum absolute atomic E-state index is 0.172. The van der Waals surface area contributed by atoms with Crippen molar-refractivity contribution in [2.24, 2.45) is 0 Å². The first kappa shape index (κ1) is 16.0. The number of fused-ring (bicyclic) bond motifs is 1. The van der Waals surface area contributed by atoms with Crippen molar-refractivity contribution in [3.05, 3.63) is 23.4 Å². The number of nitrogens with zero attached hydrogens (tertiary/aromatic N) is 3. The summed E-state index contributed by atoms with van der Waals surface area (Å²) in [5, 5.41) is 0. The molecule has 0 radical (unpaired) electrons. The van der Waals surface area contributed by atoms with E-state index in [9.17, 15) is 0 Å². The molecule has 8 heteroatoms. The summed E-state index contributed by atoms with van der Waals surface area (Å²) in [6.45, 7) is 1.41. The predicted molar refractivity (Wildman–Crippen MR) is 91.7 cm³/mol. The Morgan fingerprint density at radius 3 is 2.50 bits per heavy atom. The molecule has 0 unspecified atom stereocenters. The Kier molecular flexibility index (Phi) is 4.20. The van der Waals surface area contributed by atoms with Crippen LogP contribution in [-0.2, 0) is 13.0 Å². The van der Waals surface area contributed by atoms with Crippen molar-refractivity contribution in [1.29, 1.82) is 0 Å². The number of nitrogens with two attached hydrogens (primary N) is 2. The molecule has 1 aromatic heterocycles. The quantitative estimate of drug-likeness (QED) is 0.842. The minimum Gasteiger partial charge on any atom is -0.493 e. The lowest BCUT2D eigenvalue weighted by Crippen LogP contribution is -2.21. The second kappa shape index (κ2) is 6.31. The maximum absolute atomic E-state index is 5.95. The second-order valence-electron chi connectivity index (χ2n) is 5.45. The molecule has 2 heterocycles. The number of methoxy groups -OCH3 is 3. The Morgan fingerprint density at radius 1 is 1.12 bits per heavy atom. The van der Waals surface area contributed by atoms with Crippen molar-refractivity contribution < 1.29 is 14.2 Å². The van der Waals surface area contributed by atoms with Gasteiger partial charge in [0.05, 0.1) is 21.3 Å². The summed E-state index contributed by atoms with van der Waals surface area (Å²) >= 11 is 0. The fraction of sp³-hybridized carbons (Fsp3) is 0.375. The van der Waals surface area contributed by atoms with E-state index in [0.717, 1.165) is 29.8 Å². The average Bonchev–Trinajstić information content (AvgIpc) is 2.98. The molecule has 1 aromatic carbocycles. The summed E-state index contributed by atoms with van der Waals surface area (Å²) in [5.41, 5.74) is 14.4. The number of ether oxygens (including phenoxy) is 3. The largest absolute Gasteiger partial charge is 0.493 e. The van der Waals surface area contributed by atoms with Crippen LogP contribution in [0, 0.1) is 0 Å². The van der Waals surface area contributed by atoms with Crippen molar-refractivity contribution >= 4 is 17.5 Å². The first-order valence-corrected chi connectivity index (χ1v) is 7.52. The molecule has 1 aliphatic heterocycles. The molecule has 0 bridgehead atoms. The van der Waals surface area contributed by atoms with Gasteiger partial charge in [0.25, 0.3) is 0 Å². The Bertz CT molecular complexity index is 766. The molecule has 8 nitrogen and oxygen atoms in total. The molecule has 0 aliphatic carbocycles. The molecule has 0 fully saturated rings. The van der Waals surface area contributed by atoms with Gasteiger partial charge in [-0.15, -0.1) is 0 Å². The van der Waals surface area contributed by atoms with Crippen LogP contribution in [0.2, 0.25) is 0 Å². The zero-order valence-corrected chi connectivity index (χ0v) is 14.0. The van der Waals surface area contributed by atoms with Gasteiger partial charge in [-0.2, -0.15) is 4.98 Å². The standard InChI is InChI=1S/C16H21N5O3/c1-22-12-6-11-10(13(23-2)14(12)24-3)4-5-21(11)8-9-7-19-16(18)20-15(9)17/h6-7H,4-5,8H2,1-3H3,(H4,17,18,19,20). The van der Waals surface area contributed by atoms with Crippen LogP contribution in [0.3, 0.4) is 0 Å². The van der Waals surface area contributed by atoms with Gasteiger partial charge in [-0.25, -0.2) is 4.98 Å². The summed E-state index contributed by atoms with van der Waals surface area (Å²) in [6.07, 6.45) is 2.50. The normalized spacial score (nSPS) is 12.9. The van der Waals surface area contributed by atoms with E-state index >= 15 is 0 Å². The van der Waals surface area contributed by atoms with Crippen LogP contribution in [0.1, 0.15) is 11.1 Å². The van der Waals surface area contributed by atoms with Crippen LogP contribution in [0.5, 0.6) is 17.2 Å². The molecule has 0 amide bonds. The van der Waals surface area contributed by atoms with Gasteiger partial charge in [0.15, 0.2) is 11.5 Å². The van der Waals surface area contributed by atoms with Crippen LogP contribution in [0.4, 0.5) is 17.5 Å². The Labute approximate surface area is 140 Å². The SMILES string of the molecule is COc1cc2c(c(OC)c1OC)CCN2Cc1cnc(N)nc1N. The number of benzene rings is 1. The van der Waals surface area contributed by atoms with E-state index in [1.54, 1.807) is 27.5 Å². The third-order valence-electron chi connectivity index (χ3n) is 4.16. The monoisotopic (exact) mass is 331 g/mol. The minimum atomic E-state index is 0.172. The summed E-state index contributed by atoms with van der Waals surface area (Å²) in [5.74, 6) is 2.50. The summed E-state index contributed by atoms with van der Waals surface area (Å²) in [7, 11) is 4.84. The summed E-state index contributed by atoms with van der Waals surface area (Å²) in [4.78, 5) is 10.2. The lowest BCUT2D eigenvalue weighted by atomic mass is 10.1. The highest BCUT2D eigenvalue weighted by molar-refractivity contribution is 5.72. The average molecular weight is 331 g/mol. The van der Waals surface area contributed by atoms with Crippen LogP contribution < -0.4 is 30.6 Å². The van der Waals surface area contributed by atoms with E-state index < -0.39 is 0 Å². The zero-order valence-electron chi connectivity index (χ0n) is 14.0. The Balaban J connectivity index is 1.99. The summed E-state index contributed by atoms with van der Waals surface area (Å²) < 4.78 is 16.5. The number of anilines is 3. The molecule has 0 spiro atoms. The molecule has 1 aliphatic rings. The van der Waals surface area contributed by atoms with Crippen molar-refractivity contribution in [3.63, 3.8) is 0 Å². The molecule has 0 saturated heterocycles. The van der Waals surface area contributed by atoms with Crippen LogP contribution in [-0.4, -0.2) is 37.8 Å². The maximum Gasteiger partial charge on any atom is 0.221 e. The van der Waals surface area contributed by atoms with Gasteiger partial charge >= 0.3 is 0 Å². The predicted octanol–water partition coefficient (Wildman–Crippen LogP) is 1.23. The smallest absolute Gasteiger partial charge is 0.221 e. The van der Waals surface area contributed by atoms with Crippen molar-refractivity contribution in [2.75, 3.05) is 44.2 Å². The number of hydrogen-bond donors (Lipinski definition) is 2. The highest BCUT2D eigenvalue weighted by Gasteiger charge is 2.28. The van der Waals surface area contributed by atoms with E-state index in [1.807, 2.05) is 6.07 Å². The first-order valence-electron chi connectivity index (χ1n) is 7.52. The molecule has 4 N–H and O–H groups in total. The number of hydrogen-bond acceptors (Lipinski definition) is 8. The molecule has 24 heavy (non-hydrogen) atoms. The third-order valence-corrected chi connectivity index (χ3v) is 4.16. The van der Waals surface area contributed by atoms with Gasteiger partial charge in [-0.1, -0.05) is 0 Å². The molecule has 2 aromatic rings. The van der Waals surface area contributed by atoms with Gasteiger partial charge in [0.1, 0.15) is 5.82 Å². The highest BCUT2D eigenvalue weighted by Crippen LogP contribution is 2.48. The highest BCUT2D eigenvalue weighted by atomic mass is 16.5. The number of nitrogen functional groups attached to an aromatic ring is 2. The fourth-order valence-corrected chi connectivity index (χ4v) is 3.02. The van der Waals surface area contributed by atoms with Crippen molar-refractivity contribution in [2.45, 2.75) is 13.0 Å². The zero-order chi connectivity index (χ0) is 17.3. The molecule has 0 atom stereocenters. The van der Waals surface area contributed by atoms with Crippen LogP contribution in [0.15, 0.2) is 12.3 Å². The van der Waals surface area contributed by atoms with Crippen LogP contribution in [0.25, 0.3) is 0 Å².